The number of ether oxygens (including phenoxy) is 2. The summed E-state index contributed by atoms with van der Waals surface area (Å²) in [5.41, 5.74) is 0.997. The first-order valence-corrected chi connectivity index (χ1v) is 8.83. The molecule has 0 saturated carbocycles. The minimum Gasteiger partial charge on any atom is -0.493 e. The molecule has 0 fully saturated rings. The van der Waals surface area contributed by atoms with E-state index in [-0.39, 0.29) is 5.75 Å². The number of alkyl halides is 3. The van der Waals surface area contributed by atoms with E-state index in [0.29, 0.717) is 34.5 Å². The van der Waals surface area contributed by atoms with Gasteiger partial charge in [-0.25, -0.2) is 0 Å². The second-order valence-electron chi connectivity index (χ2n) is 5.25. The average Bonchev–Trinajstić information content (AvgIpc) is 3.13. The lowest BCUT2D eigenvalue weighted by molar-refractivity contribution is -0.274. The van der Waals surface area contributed by atoms with Gasteiger partial charge in [0.1, 0.15) is 11.5 Å². The van der Waals surface area contributed by atoms with Gasteiger partial charge >= 0.3 is 6.36 Å². The average molecular weight is 407 g/mol. The van der Waals surface area contributed by atoms with Gasteiger partial charge in [-0.05, 0) is 52.9 Å². The van der Waals surface area contributed by atoms with Crippen molar-refractivity contribution in [2.75, 3.05) is 12.4 Å². The van der Waals surface area contributed by atoms with Gasteiger partial charge < -0.3 is 9.47 Å². The van der Waals surface area contributed by atoms with E-state index in [0.717, 1.165) is 0 Å². The number of nitriles is 1. The fourth-order valence-electron chi connectivity index (χ4n) is 2.17. The van der Waals surface area contributed by atoms with Crippen molar-refractivity contribution >= 4 is 11.8 Å². The minimum absolute atomic E-state index is 0.327. The molecule has 11 heteroatoms. The summed E-state index contributed by atoms with van der Waals surface area (Å²) in [5.74, 6) is 0.776. The van der Waals surface area contributed by atoms with Gasteiger partial charge in [-0.1, -0.05) is 17.8 Å². The van der Waals surface area contributed by atoms with Crippen LogP contribution in [0, 0.1) is 11.3 Å². The summed E-state index contributed by atoms with van der Waals surface area (Å²) in [5, 5.41) is 20.7. The Balaban J connectivity index is 1.57. The smallest absolute Gasteiger partial charge is 0.493 e. The molecule has 3 rings (SSSR count). The fraction of sp³-hybridized carbons (Fsp3) is 0.176. The maximum Gasteiger partial charge on any atom is 0.573 e. The molecule has 2 aromatic carbocycles. The minimum atomic E-state index is -4.75. The lowest BCUT2D eigenvalue weighted by Gasteiger charge is -2.09. The van der Waals surface area contributed by atoms with Crippen molar-refractivity contribution in [3.8, 4) is 23.3 Å². The highest BCUT2D eigenvalue weighted by atomic mass is 32.2. The SMILES string of the molecule is N#Cc1cccc(OCCSc2nnnn2-c2ccc(OC(F)(F)F)cc2)c1. The van der Waals surface area contributed by atoms with E-state index >= 15 is 0 Å². The van der Waals surface area contributed by atoms with Crippen LogP contribution in [-0.4, -0.2) is 38.9 Å². The number of hydrogen-bond donors (Lipinski definition) is 0. The Labute approximate surface area is 161 Å². The van der Waals surface area contributed by atoms with Crippen molar-refractivity contribution in [3.63, 3.8) is 0 Å². The first kappa shape index (κ1) is 19.5. The maximum absolute atomic E-state index is 12.2. The van der Waals surface area contributed by atoms with Crippen molar-refractivity contribution in [1.82, 2.24) is 20.2 Å². The molecule has 0 aliphatic rings. The molecule has 0 aliphatic heterocycles. The third kappa shape index (κ3) is 5.37. The summed E-state index contributed by atoms with van der Waals surface area (Å²) < 4.78 is 47.5. The van der Waals surface area contributed by atoms with E-state index in [2.05, 4.69) is 20.3 Å². The second kappa shape index (κ2) is 8.62. The van der Waals surface area contributed by atoms with Crippen LogP contribution in [-0.2, 0) is 0 Å². The predicted octanol–water partition coefficient (Wildman–Crippen LogP) is 3.60. The number of tetrazole rings is 1. The Kier molecular flexibility index (Phi) is 6.00. The Hall–Kier alpha value is -3.26. The van der Waals surface area contributed by atoms with Gasteiger partial charge in [0, 0.05) is 5.75 Å². The van der Waals surface area contributed by atoms with Crippen LogP contribution in [0.1, 0.15) is 5.56 Å². The molecule has 1 aromatic heterocycles. The standard InChI is InChI=1S/C17H12F3N5O2S/c18-17(19,20)27-14-6-4-13(5-7-14)25-16(22-23-24-25)28-9-8-26-15-3-1-2-12(10-15)11-21/h1-7,10H,8-9H2. The fourth-order valence-corrected chi connectivity index (χ4v) is 2.88. The van der Waals surface area contributed by atoms with Gasteiger partial charge in [0.25, 0.3) is 0 Å². The van der Waals surface area contributed by atoms with Crippen molar-refractivity contribution in [2.24, 2.45) is 0 Å². The Morgan fingerprint density at radius 2 is 1.89 bits per heavy atom. The summed E-state index contributed by atoms with van der Waals surface area (Å²) in [6.07, 6.45) is -4.75. The van der Waals surface area contributed by atoms with Crippen LogP contribution >= 0.6 is 11.8 Å². The molecule has 0 saturated heterocycles. The lowest BCUT2D eigenvalue weighted by Crippen LogP contribution is -2.17. The molecule has 1 heterocycles. The summed E-state index contributed by atoms with van der Waals surface area (Å²) in [6, 6.07) is 14.0. The zero-order chi connectivity index (χ0) is 20.0. The first-order chi connectivity index (χ1) is 13.4. The molecule has 0 spiro atoms. The molecule has 0 N–H and O–H groups in total. The van der Waals surface area contributed by atoms with Gasteiger partial charge in [0.2, 0.25) is 5.16 Å². The maximum atomic E-state index is 12.2. The summed E-state index contributed by atoms with van der Waals surface area (Å²) >= 11 is 1.32. The van der Waals surface area contributed by atoms with E-state index in [1.807, 2.05) is 6.07 Å². The third-order valence-corrected chi connectivity index (χ3v) is 4.19. The van der Waals surface area contributed by atoms with Crippen molar-refractivity contribution in [3.05, 3.63) is 54.1 Å². The zero-order valence-electron chi connectivity index (χ0n) is 14.1. The number of nitrogens with zero attached hydrogens (tertiary/aromatic N) is 5. The van der Waals surface area contributed by atoms with Crippen molar-refractivity contribution in [1.29, 1.82) is 5.26 Å². The molecule has 0 bridgehead atoms. The predicted molar refractivity (Wildman–Crippen MR) is 93.2 cm³/mol. The molecular weight excluding hydrogens is 395 g/mol. The molecule has 0 unspecified atom stereocenters. The highest BCUT2D eigenvalue weighted by Crippen LogP contribution is 2.25. The van der Waals surface area contributed by atoms with E-state index in [1.165, 1.54) is 40.7 Å². The van der Waals surface area contributed by atoms with Crippen molar-refractivity contribution in [2.45, 2.75) is 11.5 Å². The highest BCUT2D eigenvalue weighted by molar-refractivity contribution is 7.99. The normalized spacial score (nSPS) is 11.1. The molecule has 28 heavy (non-hydrogen) atoms. The molecule has 0 amide bonds. The Morgan fingerprint density at radius 3 is 2.61 bits per heavy atom. The van der Waals surface area contributed by atoms with E-state index in [1.54, 1.807) is 24.3 Å². The second-order valence-corrected chi connectivity index (χ2v) is 6.31. The monoisotopic (exact) mass is 407 g/mol. The van der Waals surface area contributed by atoms with Crippen LogP contribution in [0.3, 0.4) is 0 Å². The highest BCUT2D eigenvalue weighted by Gasteiger charge is 2.31. The molecule has 144 valence electrons. The molecule has 3 aromatic rings. The lowest BCUT2D eigenvalue weighted by atomic mass is 10.2. The van der Waals surface area contributed by atoms with Crippen LogP contribution in [0.15, 0.2) is 53.7 Å². The number of hydrogen-bond acceptors (Lipinski definition) is 7. The summed E-state index contributed by atoms with van der Waals surface area (Å²) in [6.45, 7) is 0.352. The molecule has 7 nitrogen and oxygen atoms in total. The third-order valence-electron chi connectivity index (χ3n) is 3.30. The molecule has 0 aliphatic carbocycles. The van der Waals surface area contributed by atoms with Gasteiger partial charge in [0.15, 0.2) is 0 Å². The number of thioether (sulfide) groups is 1. The number of rotatable bonds is 7. The van der Waals surface area contributed by atoms with Gasteiger partial charge in [0.05, 0.1) is 23.9 Å². The quantitative estimate of drug-likeness (QED) is 0.437. The van der Waals surface area contributed by atoms with Crippen LogP contribution in [0.4, 0.5) is 13.2 Å². The van der Waals surface area contributed by atoms with Crippen molar-refractivity contribution < 1.29 is 22.6 Å². The number of benzene rings is 2. The van der Waals surface area contributed by atoms with Gasteiger partial charge in [-0.2, -0.15) is 9.94 Å². The van der Waals surface area contributed by atoms with E-state index in [9.17, 15) is 13.2 Å². The summed E-state index contributed by atoms with van der Waals surface area (Å²) in [7, 11) is 0. The van der Waals surface area contributed by atoms with Gasteiger partial charge in [-0.3, -0.25) is 0 Å². The number of halogens is 3. The van der Waals surface area contributed by atoms with Crippen LogP contribution in [0.5, 0.6) is 11.5 Å². The molecule has 0 atom stereocenters. The Morgan fingerprint density at radius 1 is 1.11 bits per heavy atom. The van der Waals surface area contributed by atoms with E-state index in [4.69, 9.17) is 10.00 Å². The largest absolute Gasteiger partial charge is 0.573 e. The molecule has 0 radical (unpaired) electrons. The molecular formula is C17H12F3N5O2S. The Bertz CT molecular complexity index is 970. The zero-order valence-corrected chi connectivity index (χ0v) is 14.9. The van der Waals surface area contributed by atoms with Gasteiger partial charge in [-0.15, -0.1) is 18.3 Å². The first-order valence-electron chi connectivity index (χ1n) is 7.85. The number of aromatic nitrogens is 4. The van der Waals surface area contributed by atoms with E-state index < -0.39 is 6.36 Å². The van der Waals surface area contributed by atoms with Crippen LogP contribution in [0.25, 0.3) is 5.69 Å². The summed E-state index contributed by atoms with van der Waals surface area (Å²) in [4.78, 5) is 0. The van der Waals surface area contributed by atoms with Crippen LogP contribution < -0.4 is 9.47 Å². The van der Waals surface area contributed by atoms with Crippen LogP contribution in [0.2, 0.25) is 0 Å². The topological polar surface area (TPSA) is 85.9 Å².